The van der Waals surface area contributed by atoms with Crippen LogP contribution in [0.2, 0.25) is 0 Å². The molecule has 0 heterocycles. The molecular formula is C26H36O4. The van der Waals surface area contributed by atoms with Gasteiger partial charge in [0, 0.05) is 24.2 Å². The monoisotopic (exact) mass is 412 g/mol. The van der Waals surface area contributed by atoms with E-state index < -0.39 is 0 Å². The van der Waals surface area contributed by atoms with Crippen LogP contribution in [0.1, 0.15) is 79.6 Å². The molecule has 0 aliphatic heterocycles. The molecule has 4 aliphatic rings. The van der Waals surface area contributed by atoms with Crippen LogP contribution in [0.25, 0.3) is 0 Å². The summed E-state index contributed by atoms with van der Waals surface area (Å²) in [5, 5.41) is 0. The van der Waals surface area contributed by atoms with Crippen molar-refractivity contribution in [3.63, 3.8) is 0 Å². The molecule has 3 fully saturated rings. The van der Waals surface area contributed by atoms with Crippen molar-refractivity contribution in [3.8, 4) is 0 Å². The van der Waals surface area contributed by atoms with Crippen LogP contribution in [0.3, 0.4) is 0 Å². The van der Waals surface area contributed by atoms with E-state index in [2.05, 4.69) is 27.7 Å². The van der Waals surface area contributed by atoms with Crippen LogP contribution in [0.4, 0.5) is 0 Å². The van der Waals surface area contributed by atoms with Crippen LogP contribution in [0.5, 0.6) is 0 Å². The van der Waals surface area contributed by atoms with Crippen molar-refractivity contribution < 1.29 is 19.1 Å². The van der Waals surface area contributed by atoms with Gasteiger partial charge in [-0.15, -0.1) is 0 Å². The zero-order chi connectivity index (χ0) is 21.8. The molecule has 0 aromatic rings. The Hall–Kier alpha value is -1.71. The second-order valence-corrected chi connectivity index (χ2v) is 10.7. The molecule has 0 aromatic heterocycles. The predicted molar refractivity (Wildman–Crippen MR) is 116 cm³/mol. The summed E-state index contributed by atoms with van der Waals surface area (Å²) in [5.74, 6) is 1.88. The molecule has 4 heteroatoms. The number of fused-ring (bicyclic) bond motifs is 5. The van der Waals surface area contributed by atoms with Gasteiger partial charge < -0.3 is 4.74 Å². The van der Waals surface area contributed by atoms with Crippen LogP contribution in [0, 0.1) is 34.5 Å². The molecule has 4 nitrogen and oxygen atoms in total. The average Bonchev–Trinajstić information content (AvgIpc) is 2.92. The van der Waals surface area contributed by atoms with Gasteiger partial charge in [-0.1, -0.05) is 31.9 Å². The SMILES string of the molecule is CCC(C[C@H]1CC(=O)[C@@]2(C)CC[C@H]3[C@@H](CCC4=CC(=O)C=C(C)[C@@]43C)[C@H]12)OC(C)=O. The van der Waals surface area contributed by atoms with E-state index in [4.69, 9.17) is 4.74 Å². The Morgan fingerprint density at radius 1 is 1.23 bits per heavy atom. The molecule has 0 amide bonds. The Kier molecular flexibility index (Phi) is 5.35. The molecule has 0 N–H and O–H groups in total. The van der Waals surface area contributed by atoms with Gasteiger partial charge in [-0.3, -0.25) is 14.4 Å². The number of carbonyl (C=O) groups is 3. The minimum atomic E-state index is -0.250. The number of carbonyl (C=O) groups excluding carboxylic acids is 3. The molecule has 30 heavy (non-hydrogen) atoms. The van der Waals surface area contributed by atoms with Gasteiger partial charge in [0.1, 0.15) is 11.9 Å². The topological polar surface area (TPSA) is 60.4 Å². The second-order valence-electron chi connectivity index (χ2n) is 10.7. The zero-order valence-electron chi connectivity index (χ0n) is 19.1. The van der Waals surface area contributed by atoms with Crippen molar-refractivity contribution in [2.24, 2.45) is 34.5 Å². The fraction of sp³-hybridized carbons (Fsp3) is 0.731. The van der Waals surface area contributed by atoms with E-state index in [1.165, 1.54) is 18.1 Å². The van der Waals surface area contributed by atoms with E-state index in [0.717, 1.165) is 38.5 Å². The molecule has 0 spiro atoms. The van der Waals surface area contributed by atoms with Gasteiger partial charge in [-0.05, 0) is 81.3 Å². The third kappa shape index (κ3) is 3.13. The van der Waals surface area contributed by atoms with Crippen molar-refractivity contribution in [2.75, 3.05) is 0 Å². The molecule has 3 saturated carbocycles. The lowest BCUT2D eigenvalue weighted by Crippen LogP contribution is -2.52. The second kappa shape index (κ2) is 7.46. The van der Waals surface area contributed by atoms with Gasteiger partial charge in [0.25, 0.3) is 0 Å². The molecule has 0 radical (unpaired) electrons. The molecule has 4 aliphatic carbocycles. The lowest BCUT2D eigenvalue weighted by atomic mass is 9.46. The van der Waals surface area contributed by atoms with E-state index in [-0.39, 0.29) is 34.6 Å². The van der Waals surface area contributed by atoms with Crippen LogP contribution in [0.15, 0.2) is 23.3 Å². The number of ether oxygens (including phenoxy) is 1. The first-order chi connectivity index (χ1) is 14.1. The van der Waals surface area contributed by atoms with E-state index in [1.807, 2.05) is 12.2 Å². The number of ketones is 2. The number of hydrogen-bond acceptors (Lipinski definition) is 4. The molecule has 0 saturated heterocycles. The number of esters is 1. The van der Waals surface area contributed by atoms with E-state index in [1.54, 1.807) is 0 Å². The zero-order valence-corrected chi connectivity index (χ0v) is 19.1. The van der Waals surface area contributed by atoms with Gasteiger partial charge in [0.2, 0.25) is 0 Å². The molecule has 7 atom stereocenters. The van der Waals surface area contributed by atoms with Gasteiger partial charge in [-0.25, -0.2) is 0 Å². The molecule has 0 aromatic carbocycles. The number of hydrogen-bond donors (Lipinski definition) is 0. The summed E-state index contributed by atoms with van der Waals surface area (Å²) in [4.78, 5) is 36.9. The summed E-state index contributed by atoms with van der Waals surface area (Å²) < 4.78 is 5.57. The highest BCUT2D eigenvalue weighted by atomic mass is 16.5. The smallest absolute Gasteiger partial charge is 0.302 e. The van der Waals surface area contributed by atoms with Crippen molar-refractivity contribution in [1.29, 1.82) is 0 Å². The van der Waals surface area contributed by atoms with E-state index in [0.29, 0.717) is 30.0 Å². The van der Waals surface area contributed by atoms with Crippen molar-refractivity contribution in [3.05, 3.63) is 23.3 Å². The third-order valence-corrected chi connectivity index (χ3v) is 9.28. The predicted octanol–water partition coefficient (Wildman–Crippen LogP) is 5.21. The molecule has 1 unspecified atom stereocenters. The summed E-state index contributed by atoms with van der Waals surface area (Å²) in [6.07, 6.45) is 9.78. The highest BCUT2D eigenvalue weighted by Crippen LogP contribution is 2.66. The fourth-order valence-electron chi connectivity index (χ4n) is 7.71. The Bertz CT molecular complexity index is 836. The van der Waals surface area contributed by atoms with Gasteiger partial charge in [0.15, 0.2) is 5.78 Å². The minimum absolute atomic E-state index is 0.0611. The van der Waals surface area contributed by atoms with Crippen LogP contribution in [-0.2, 0) is 19.1 Å². The van der Waals surface area contributed by atoms with Crippen LogP contribution < -0.4 is 0 Å². The van der Waals surface area contributed by atoms with Gasteiger partial charge in [0.05, 0.1) is 0 Å². The molecule has 164 valence electrons. The standard InChI is InChI=1S/C26H36O4/c1-6-20(30-16(3)27)12-17-13-23(29)25(4)10-9-22-21(24(17)25)8-7-18-14-19(28)11-15(2)26(18,22)5/h11,14,17,20-22,24H,6-10,12-13H2,1-5H3/t17-,20?,21+,22-,24-,25+,26-/m0/s1. The maximum Gasteiger partial charge on any atom is 0.302 e. The number of rotatable bonds is 4. The van der Waals surface area contributed by atoms with E-state index >= 15 is 0 Å². The van der Waals surface area contributed by atoms with Crippen LogP contribution >= 0.6 is 0 Å². The quantitative estimate of drug-likeness (QED) is 0.595. The normalized spacial score (nSPS) is 41.2. The molecule has 0 bridgehead atoms. The summed E-state index contributed by atoms with van der Waals surface area (Å²) in [5.41, 5.74) is 2.18. The van der Waals surface area contributed by atoms with Crippen molar-refractivity contribution in [2.45, 2.75) is 85.7 Å². The first-order valence-electron chi connectivity index (χ1n) is 11.8. The molecule has 4 rings (SSSR count). The van der Waals surface area contributed by atoms with Crippen LogP contribution in [-0.4, -0.2) is 23.6 Å². The van der Waals surface area contributed by atoms with E-state index in [9.17, 15) is 14.4 Å². The Morgan fingerprint density at radius 3 is 2.63 bits per heavy atom. The Balaban J connectivity index is 1.67. The Labute approximate surface area is 180 Å². The maximum atomic E-state index is 13.2. The highest BCUT2D eigenvalue weighted by molar-refractivity contribution is 6.02. The Morgan fingerprint density at radius 2 is 1.97 bits per heavy atom. The minimum Gasteiger partial charge on any atom is -0.463 e. The lowest BCUT2D eigenvalue weighted by Gasteiger charge is -2.58. The maximum absolute atomic E-state index is 13.2. The summed E-state index contributed by atoms with van der Waals surface area (Å²) in [7, 11) is 0. The van der Waals surface area contributed by atoms with Gasteiger partial charge in [-0.2, -0.15) is 0 Å². The summed E-state index contributed by atoms with van der Waals surface area (Å²) in [6.45, 7) is 10.2. The first kappa shape index (κ1) is 21.5. The molecular weight excluding hydrogens is 376 g/mol. The number of Topliss-reactive ketones (excluding diaryl/α,β-unsaturated/α-hetero) is 1. The average molecular weight is 413 g/mol. The lowest BCUT2D eigenvalue weighted by molar-refractivity contribution is -0.148. The summed E-state index contributed by atoms with van der Waals surface area (Å²) >= 11 is 0. The van der Waals surface area contributed by atoms with Crippen molar-refractivity contribution >= 4 is 17.5 Å². The third-order valence-electron chi connectivity index (χ3n) is 9.28. The number of allylic oxidation sites excluding steroid dienone is 4. The first-order valence-corrected chi connectivity index (χ1v) is 11.8. The van der Waals surface area contributed by atoms with Crippen molar-refractivity contribution in [1.82, 2.24) is 0 Å². The summed E-state index contributed by atoms with van der Waals surface area (Å²) in [6, 6.07) is 0. The van der Waals surface area contributed by atoms with Gasteiger partial charge >= 0.3 is 5.97 Å². The fourth-order valence-corrected chi connectivity index (χ4v) is 7.71. The highest BCUT2D eigenvalue weighted by Gasteiger charge is 2.62. The largest absolute Gasteiger partial charge is 0.463 e.